The number of benzene rings is 2. The zero-order chi connectivity index (χ0) is 23.9. The van der Waals surface area contributed by atoms with Gasteiger partial charge in [0, 0.05) is 36.7 Å². The van der Waals surface area contributed by atoms with Gasteiger partial charge in [-0.05, 0) is 42.0 Å². The van der Waals surface area contributed by atoms with Crippen molar-refractivity contribution in [1.29, 1.82) is 0 Å². The van der Waals surface area contributed by atoms with Gasteiger partial charge in [-0.15, -0.1) is 11.3 Å². The molecule has 2 amide bonds. The summed E-state index contributed by atoms with van der Waals surface area (Å²) in [5.41, 5.74) is 4.17. The van der Waals surface area contributed by atoms with Crippen LogP contribution in [0.4, 0.5) is 5.69 Å². The molecule has 0 bridgehead atoms. The Bertz CT molecular complexity index is 1070. The lowest BCUT2D eigenvalue weighted by Gasteiger charge is -2.34. The van der Waals surface area contributed by atoms with Crippen LogP contribution in [-0.2, 0) is 9.59 Å². The third-order valence-electron chi connectivity index (χ3n) is 6.26. The number of carbonyl (C=O) groups excluding carboxylic acids is 2. The molecule has 178 valence electrons. The molecule has 2 heterocycles. The number of nitrogens with zero attached hydrogens (tertiary/aromatic N) is 2. The quantitative estimate of drug-likeness (QED) is 0.519. The van der Waals surface area contributed by atoms with Gasteiger partial charge in [-0.1, -0.05) is 54.6 Å². The van der Waals surface area contributed by atoms with Crippen LogP contribution in [0.3, 0.4) is 0 Å². The average Bonchev–Trinajstić information content (AvgIpc) is 3.37. The maximum Gasteiger partial charge on any atom is 0.238 e. The second-order valence-electron chi connectivity index (χ2n) is 8.71. The number of piperazine rings is 1. The van der Waals surface area contributed by atoms with Gasteiger partial charge in [0.2, 0.25) is 11.8 Å². The zero-order valence-corrected chi connectivity index (χ0v) is 20.6. The minimum atomic E-state index is -0.0134. The number of hydrogen-bond acceptors (Lipinski definition) is 5. The number of thiophene rings is 1. The van der Waals surface area contributed by atoms with E-state index in [-0.39, 0.29) is 24.4 Å². The van der Waals surface area contributed by atoms with E-state index in [2.05, 4.69) is 39.1 Å². The SMILES string of the molecule is Cc1cccc(C)c1NC(=O)CN1CCN(C(=O)CN[C@H](c2ccccc2)c2cccs2)CC1. The van der Waals surface area contributed by atoms with Crippen LogP contribution in [0.25, 0.3) is 0 Å². The second-order valence-corrected chi connectivity index (χ2v) is 9.69. The molecule has 1 saturated heterocycles. The summed E-state index contributed by atoms with van der Waals surface area (Å²) in [5.74, 6) is 0.0811. The third-order valence-corrected chi connectivity index (χ3v) is 7.19. The van der Waals surface area contributed by atoms with Crippen molar-refractivity contribution in [2.75, 3.05) is 44.6 Å². The highest BCUT2D eigenvalue weighted by atomic mass is 32.1. The smallest absolute Gasteiger partial charge is 0.238 e. The molecule has 3 aromatic rings. The number of anilines is 1. The van der Waals surface area contributed by atoms with E-state index in [1.54, 1.807) is 11.3 Å². The molecule has 1 fully saturated rings. The van der Waals surface area contributed by atoms with Crippen molar-refractivity contribution >= 4 is 28.8 Å². The van der Waals surface area contributed by atoms with Crippen molar-refractivity contribution < 1.29 is 9.59 Å². The maximum absolute atomic E-state index is 12.9. The first-order valence-corrected chi connectivity index (χ1v) is 12.6. The average molecular weight is 477 g/mol. The van der Waals surface area contributed by atoms with Crippen molar-refractivity contribution in [3.63, 3.8) is 0 Å². The van der Waals surface area contributed by atoms with Gasteiger partial charge in [0.15, 0.2) is 0 Å². The molecular weight excluding hydrogens is 444 g/mol. The van der Waals surface area contributed by atoms with E-state index in [1.807, 2.05) is 61.2 Å². The Morgan fingerprint density at radius 1 is 0.912 bits per heavy atom. The van der Waals surface area contributed by atoms with Crippen molar-refractivity contribution in [3.05, 3.63) is 87.6 Å². The van der Waals surface area contributed by atoms with Crippen LogP contribution < -0.4 is 10.6 Å². The topological polar surface area (TPSA) is 64.7 Å². The Labute approximate surface area is 205 Å². The van der Waals surface area contributed by atoms with Crippen LogP contribution in [0.2, 0.25) is 0 Å². The minimum Gasteiger partial charge on any atom is -0.339 e. The molecule has 0 aliphatic carbocycles. The lowest BCUT2D eigenvalue weighted by Crippen LogP contribution is -2.52. The summed E-state index contributed by atoms with van der Waals surface area (Å²) < 4.78 is 0. The number of nitrogens with one attached hydrogen (secondary N) is 2. The molecule has 2 N–H and O–H groups in total. The van der Waals surface area contributed by atoms with Crippen LogP contribution in [0.15, 0.2) is 66.0 Å². The van der Waals surface area contributed by atoms with Crippen molar-refractivity contribution in [1.82, 2.24) is 15.1 Å². The zero-order valence-electron chi connectivity index (χ0n) is 19.8. The van der Waals surface area contributed by atoms with Crippen LogP contribution in [0, 0.1) is 13.8 Å². The van der Waals surface area contributed by atoms with Gasteiger partial charge in [0.25, 0.3) is 0 Å². The van der Waals surface area contributed by atoms with E-state index in [1.165, 1.54) is 4.88 Å². The summed E-state index contributed by atoms with van der Waals surface area (Å²) in [5, 5.41) is 8.57. The van der Waals surface area contributed by atoms with Gasteiger partial charge < -0.3 is 10.2 Å². The van der Waals surface area contributed by atoms with Gasteiger partial charge >= 0.3 is 0 Å². The summed E-state index contributed by atoms with van der Waals surface area (Å²) in [6.07, 6.45) is 0. The number of amides is 2. The molecule has 0 radical (unpaired) electrons. The summed E-state index contributed by atoms with van der Waals surface area (Å²) in [7, 11) is 0. The fraction of sp³-hybridized carbons (Fsp3) is 0.333. The Morgan fingerprint density at radius 3 is 2.26 bits per heavy atom. The summed E-state index contributed by atoms with van der Waals surface area (Å²) >= 11 is 1.69. The molecule has 1 aliphatic rings. The van der Waals surface area contributed by atoms with Crippen molar-refractivity contribution in [2.24, 2.45) is 0 Å². The Hall–Kier alpha value is -3.00. The molecule has 0 unspecified atom stereocenters. The Kier molecular flexibility index (Phi) is 8.11. The highest BCUT2D eigenvalue weighted by molar-refractivity contribution is 7.10. The molecule has 1 aromatic heterocycles. The van der Waals surface area contributed by atoms with Crippen LogP contribution in [-0.4, -0.2) is 60.9 Å². The molecule has 0 saturated carbocycles. The van der Waals surface area contributed by atoms with Crippen molar-refractivity contribution in [2.45, 2.75) is 19.9 Å². The highest BCUT2D eigenvalue weighted by Gasteiger charge is 2.24. The van der Waals surface area contributed by atoms with E-state index in [9.17, 15) is 9.59 Å². The monoisotopic (exact) mass is 476 g/mol. The Morgan fingerprint density at radius 2 is 1.62 bits per heavy atom. The molecule has 0 spiro atoms. The summed E-state index contributed by atoms with van der Waals surface area (Å²) in [4.78, 5) is 30.7. The van der Waals surface area contributed by atoms with Crippen molar-refractivity contribution in [3.8, 4) is 0 Å². The predicted octanol–water partition coefficient (Wildman–Crippen LogP) is 3.83. The van der Waals surface area contributed by atoms with E-state index < -0.39 is 0 Å². The predicted molar refractivity (Wildman–Crippen MR) is 138 cm³/mol. The molecule has 6 nitrogen and oxygen atoms in total. The normalized spacial score (nSPS) is 15.2. The lowest BCUT2D eigenvalue weighted by atomic mass is 10.1. The van der Waals surface area contributed by atoms with Gasteiger partial charge in [-0.3, -0.25) is 19.8 Å². The second kappa shape index (κ2) is 11.4. The van der Waals surface area contributed by atoms with E-state index in [0.717, 1.165) is 22.4 Å². The standard InChI is InChI=1S/C27H32N4O2S/c1-20-8-6-9-21(2)26(20)29-24(32)19-30-13-15-31(16-14-30)25(33)18-28-27(23-12-7-17-34-23)22-10-4-3-5-11-22/h3-12,17,27-28H,13-16,18-19H2,1-2H3,(H,29,32)/t27-/m1/s1. The lowest BCUT2D eigenvalue weighted by molar-refractivity contribution is -0.132. The van der Waals surface area contributed by atoms with Gasteiger partial charge in [-0.2, -0.15) is 0 Å². The molecule has 34 heavy (non-hydrogen) atoms. The van der Waals surface area contributed by atoms with Crippen LogP contribution >= 0.6 is 11.3 Å². The summed E-state index contributed by atoms with van der Waals surface area (Å²) in [6, 6.07) is 20.4. The van der Waals surface area contributed by atoms with E-state index >= 15 is 0 Å². The first kappa shape index (κ1) is 24.1. The van der Waals surface area contributed by atoms with Gasteiger partial charge in [0.1, 0.15) is 0 Å². The van der Waals surface area contributed by atoms with E-state index in [0.29, 0.717) is 32.7 Å². The van der Waals surface area contributed by atoms with E-state index in [4.69, 9.17) is 0 Å². The number of hydrogen-bond donors (Lipinski definition) is 2. The van der Waals surface area contributed by atoms with Gasteiger partial charge in [-0.25, -0.2) is 0 Å². The number of carbonyl (C=O) groups is 2. The number of rotatable bonds is 8. The number of para-hydroxylation sites is 1. The van der Waals surface area contributed by atoms with Crippen LogP contribution in [0.1, 0.15) is 27.6 Å². The molecule has 7 heteroatoms. The molecule has 2 aromatic carbocycles. The fourth-order valence-corrected chi connectivity index (χ4v) is 5.16. The largest absolute Gasteiger partial charge is 0.339 e. The molecular formula is C27H32N4O2S. The first-order valence-electron chi connectivity index (χ1n) is 11.7. The summed E-state index contributed by atoms with van der Waals surface area (Å²) in [6.45, 7) is 7.27. The molecule has 1 atom stereocenters. The third kappa shape index (κ3) is 6.11. The molecule has 1 aliphatic heterocycles. The minimum absolute atomic E-state index is 0.0000323. The van der Waals surface area contributed by atoms with Crippen LogP contribution in [0.5, 0.6) is 0 Å². The highest BCUT2D eigenvalue weighted by Crippen LogP contribution is 2.25. The van der Waals surface area contributed by atoms with Gasteiger partial charge in [0.05, 0.1) is 19.1 Å². The fourth-order valence-electron chi connectivity index (χ4n) is 4.33. The molecule has 4 rings (SSSR count). The first-order chi connectivity index (χ1) is 16.5. The number of aryl methyl sites for hydroxylation is 2. The maximum atomic E-state index is 12.9. The Balaban J connectivity index is 1.26.